The van der Waals surface area contributed by atoms with Crippen molar-refractivity contribution in [1.29, 1.82) is 0 Å². The maximum absolute atomic E-state index is 4.46. The molecule has 0 aromatic carbocycles. The molecule has 1 N–H and O–H groups in total. The minimum atomic E-state index is 0.808. The third-order valence-corrected chi connectivity index (χ3v) is 4.27. The number of nitrogens with one attached hydrogen (secondary N) is 1. The molecular weight excluding hydrogens is 300 g/mol. The van der Waals surface area contributed by atoms with Gasteiger partial charge in [-0.05, 0) is 22.4 Å². The molecule has 2 heterocycles. The van der Waals surface area contributed by atoms with Crippen molar-refractivity contribution in [2.45, 2.75) is 26.4 Å². The van der Waals surface area contributed by atoms with Crippen LogP contribution in [0.5, 0.6) is 0 Å². The molecule has 2 rings (SSSR count). The van der Waals surface area contributed by atoms with Gasteiger partial charge >= 0.3 is 0 Å². The van der Waals surface area contributed by atoms with Crippen molar-refractivity contribution >= 4 is 27.3 Å². The van der Waals surface area contributed by atoms with E-state index in [2.05, 4.69) is 38.3 Å². The van der Waals surface area contributed by atoms with Gasteiger partial charge in [0.2, 0.25) is 0 Å². The fourth-order valence-electron chi connectivity index (χ4n) is 1.65. The number of halogens is 1. The first kappa shape index (κ1) is 12.7. The van der Waals surface area contributed by atoms with Gasteiger partial charge in [-0.25, -0.2) is 0 Å². The van der Waals surface area contributed by atoms with Crippen molar-refractivity contribution in [1.82, 2.24) is 20.1 Å². The second kappa shape index (κ2) is 5.75. The molecule has 6 heteroatoms. The summed E-state index contributed by atoms with van der Waals surface area (Å²) in [6, 6.07) is 0. The zero-order valence-corrected chi connectivity index (χ0v) is 12.3. The Labute approximate surface area is 113 Å². The van der Waals surface area contributed by atoms with Crippen LogP contribution in [0, 0.1) is 0 Å². The number of hydrogen-bond acceptors (Lipinski definition) is 4. The summed E-state index contributed by atoms with van der Waals surface area (Å²) in [5, 5.41) is 7.87. The third-order valence-electron chi connectivity index (χ3n) is 2.58. The molecular formula is C11H15BrN4S. The van der Waals surface area contributed by atoms with Gasteiger partial charge in [0.15, 0.2) is 0 Å². The molecule has 0 unspecified atom stereocenters. The van der Waals surface area contributed by atoms with Crippen molar-refractivity contribution in [3.05, 3.63) is 32.4 Å². The molecule has 2 aromatic heterocycles. The molecule has 2 aromatic rings. The quantitative estimate of drug-likeness (QED) is 0.922. The summed E-state index contributed by atoms with van der Waals surface area (Å²) < 4.78 is 3.06. The van der Waals surface area contributed by atoms with Crippen LogP contribution in [0.1, 0.15) is 23.2 Å². The molecule has 0 aliphatic heterocycles. The number of aryl methyl sites for hydroxylation is 2. The predicted molar refractivity (Wildman–Crippen MR) is 72.9 cm³/mol. The molecule has 0 radical (unpaired) electrons. The van der Waals surface area contributed by atoms with Crippen LogP contribution >= 0.6 is 27.3 Å². The largest absolute Gasteiger partial charge is 0.306 e. The van der Waals surface area contributed by atoms with Crippen LogP contribution in [-0.4, -0.2) is 14.8 Å². The lowest BCUT2D eigenvalue weighted by atomic mass is 10.3. The summed E-state index contributed by atoms with van der Waals surface area (Å²) in [7, 11) is 1.98. The van der Waals surface area contributed by atoms with Crippen molar-refractivity contribution in [3.63, 3.8) is 0 Å². The summed E-state index contributed by atoms with van der Waals surface area (Å²) in [5.74, 6) is 0. The average Bonchev–Trinajstić information content (AvgIpc) is 2.91. The minimum absolute atomic E-state index is 0.808. The van der Waals surface area contributed by atoms with Gasteiger partial charge in [-0.1, -0.05) is 6.92 Å². The Morgan fingerprint density at radius 2 is 2.29 bits per heavy atom. The molecule has 0 saturated heterocycles. The fourth-order valence-corrected chi connectivity index (χ4v) is 2.97. The van der Waals surface area contributed by atoms with Crippen molar-refractivity contribution in [2.75, 3.05) is 0 Å². The van der Waals surface area contributed by atoms with Crippen molar-refractivity contribution in [3.8, 4) is 0 Å². The van der Waals surface area contributed by atoms with Crippen molar-refractivity contribution < 1.29 is 0 Å². The Hall–Kier alpha value is -0.720. The molecule has 0 amide bonds. The van der Waals surface area contributed by atoms with Crippen LogP contribution in [0.3, 0.4) is 0 Å². The highest BCUT2D eigenvalue weighted by Gasteiger charge is 2.11. The molecule has 0 spiro atoms. The van der Waals surface area contributed by atoms with Crippen LogP contribution in [-0.2, 0) is 26.6 Å². The van der Waals surface area contributed by atoms with Crippen LogP contribution in [0.4, 0.5) is 0 Å². The average molecular weight is 315 g/mol. The van der Waals surface area contributed by atoms with Crippen LogP contribution in [0.25, 0.3) is 0 Å². The Bertz CT molecular complexity index is 478. The number of hydrogen-bond donors (Lipinski definition) is 1. The van der Waals surface area contributed by atoms with E-state index in [1.54, 1.807) is 11.3 Å². The predicted octanol–water partition coefficient (Wildman–Crippen LogP) is 2.49. The zero-order valence-electron chi connectivity index (χ0n) is 9.90. The maximum Gasteiger partial charge on any atom is 0.0794 e. The highest BCUT2D eigenvalue weighted by Crippen LogP contribution is 2.21. The topological polar surface area (TPSA) is 42.7 Å². The van der Waals surface area contributed by atoms with E-state index in [0.717, 1.165) is 29.7 Å². The van der Waals surface area contributed by atoms with E-state index in [-0.39, 0.29) is 0 Å². The molecule has 0 aliphatic carbocycles. The van der Waals surface area contributed by atoms with E-state index >= 15 is 0 Å². The van der Waals surface area contributed by atoms with Crippen LogP contribution in [0.15, 0.2) is 16.2 Å². The van der Waals surface area contributed by atoms with Crippen LogP contribution < -0.4 is 5.32 Å². The van der Waals surface area contributed by atoms with E-state index in [1.165, 1.54) is 10.6 Å². The van der Waals surface area contributed by atoms with Crippen LogP contribution in [0.2, 0.25) is 0 Å². The Morgan fingerprint density at radius 3 is 2.88 bits per heavy atom. The molecule has 0 aliphatic rings. The third kappa shape index (κ3) is 2.94. The van der Waals surface area contributed by atoms with Gasteiger partial charge in [0.05, 0.1) is 21.4 Å². The molecule has 17 heavy (non-hydrogen) atoms. The molecule has 0 saturated carbocycles. The second-order valence-corrected chi connectivity index (χ2v) is 5.52. The van der Waals surface area contributed by atoms with Gasteiger partial charge in [-0.3, -0.25) is 9.67 Å². The first-order chi connectivity index (χ1) is 8.22. The first-order valence-electron chi connectivity index (χ1n) is 5.50. The standard InChI is InChI=1S/C11H15BrN4S/c1-3-9-11(12)10(16(2)15-9)6-13-4-8-5-14-7-17-8/h5,7,13H,3-4,6H2,1-2H3. The number of rotatable bonds is 5. The zero-order chi connectivity index (χ0) is 12.3. The lowest BCUT2D eigenvalue weighted by Gasteiger charge is -2.04. The number of nitrogens with zero attached hydrogens (tertiary/aromatic N) is 3. The minimum Gasteiger partial charge on any atom is -0.306 e. The normalized spacial score (nSPS) is 11.0. The summed E-state index contributed by atoms with van der Waals surface area (Å²) in [5.41, 5.74) is 4.15. The molecule has 0 fully saturated rings. The smallest absolute Gasteiger partial charge is 0.0794 e. The van der Waals surface area contributed by atoms with E-state index in [9.17, 15) is 0 Å². The molecule has 92 valence electrons. The highest BCUT2D eigenvalue weighted by atomic mass is 79.9. The van der Waals surface area contributed by atoms with Gasteiger partial charge in [0.1, 0.15) is 0 Å². The summed E-state index contributed by atoms with van der Waals surface area (Å²) in [6.45, 7) is 3.77. The van der Waals surface area contributed by atoms with Gasteiger partial charge in [0.25, 0.3) is 0 Å². The summed E-state index contributed by atoms with van der Waals surface area (Å²) in [4.78, 5) is 5.30. The van der Waals surface area contributed by atoms with E-state index in [0.29, 0.717) is 0 Å². The Morgan fingerprint density at radius 1 is 1.47 bits per heavy atom. The Balaban J connectivity index is 1.97. The first-order valence-corrected chi connectivity index (χ1v) is 7.18. The lowest BCUT2D eigenvalue weighted by Crippen LogP contribution is -2.15. The van der Waals surface area contributed by atoms with Gasteiger partial charge in [-0.2, -0.15) is 5.10 Å². The summed E-state index contributed by atoms with van der Waals surface area (Å²) in [6.07, 6.45) is 2.84. The monoisotopic (exact) mass is 314 g/mol. The maximum atomic E-state index is 4.46. The lowest BCUT2D eigenvalue weighted by molar-refractivity contribution is 0.625. The summed E-state index contributed by atoms with van der Waals surface area (Å²) >= 11 is 5.28. The second-order valence-electron chi connectivity index (χ2n) is 3.76. The van der Waals surface area contributed by atoms with E-state index in [1.807, 2.05) is 23.4 Å². The van der Waals surface area contributed by atoms with Gasteiger partial charge < -0.3 is 5.32 Å². The molecule has 0 bridgehead atoms. The van der Waals surface area contributed by atoms with E-state index < -0.39 is 0 Å². The van der Waals surface area contributed by atoms with E-state index in [4.69, 9.17) is 0 Å². The number of thiazole rings is 1. The van der Waals surface area contributed by atoms with Gasteiger partial charge in [0, 0.05) is 31.2 Å². The molecule has 4 nitrogen and oxygen atoms in total. The van der Waals surface area contributed by atoms with Gasteiger partial charge in [-0.15, -0.1) is 11.3 Å². The fraction of sp³-hybridized carbons (Fsp3) is 0.455. The SMILES string of the molecule is CCc1nn(C)c(CNCc2cncs2)c1Br. The highest BCUT2D eigenvalue weighted by molar-refractivity contribution is 9.10. The van der Waals surface area contributed by atoms with Crippen molar-refractivity contribution in [2.24, 2.45) is 7.05 Å². The molecule has 0 atom stereocenters. The Kier molecular flexibility index (Phi) is 4.31. The number of aromatic nitrogens is 3.